The van der Waals surface area contributed by atoms with Gasteiger partial charge in [-0.25, -0.2) is 4.79 Å². The molecule has 19 heavy (non-hydrogen) atoms. The number of amides is 2. The van der Waals surface area contributed by atoms with Gasteiger partial charge in [0.2, 0.25) is 0 Å². The zero-order chi connectivity index (χ0) is 14.3. The zero-order valence-corrected chi connectivity index (χ0v) is 10.8. The van der Waals surface area contributed by atoms with E-state index in [1.807, 2.05) is 5.32 Å². The van der Waals surface area contributed by atoms with Crippen LogP contribution < -0.4 is 10.6 Å². The fourth-order valence-corrected chi connectivity index (χ4v) is 1.58. The van der Waals surface area contributed by atoms with E-state index in [9.17, 15) is 18.0 Å². The first kappa shape index (κ1) is 15.6. The van der Waals surface area contributed by atoms with Crippen molar-refractivity contribution in [3.05, 3.63) is 35.9 Å². The van der Waals surface area contributed by atoms with Crippen LogP contribution in [-0.4, -0.2) is 24.6 Å². The molecule has 0 aliphatic rings. The summed E-state index contributed by atoms with van der Waals surface area (Å²) in [5, 5.41) is 4.24. The SMILES string of the molecule is O=C(NCCCCl)NC(c1ccccc1)C(F)(F)F. The zero-order valence-electron chi connectivity index (χ0n) is 10.0. The van der Waals surface area contributed by atoms with E-state index in [0.717, 1.165) is 0 Å². The lowest BCUT2D eigenvalue weighted by atomic mass is 10.1. The molecule has 0 saturated carbocycles. The van der Waals surface area contributed by atoms with E-state index in [0.29, 0.717) is 12.3 Å². The number of alkyl halides is 4. The number of benzene rings is 1. The first-order valence-electron chi connectivity index (χ1n) is 5.67. The van der Waals surface area contributed by atoms with Crippen molar-refractivity contribution in [2.45, 2.75) is 18.6 Å². The van der Waals surface area contributed by atoms with Crippen LogP contribution in [0.3, 0.4) is 0 Å². The Hall–Kier alpha value is -1.43. The quantitative estimate of drug-likeness (QED) is 0.635. The molecule has 1 aromatic carbocycles. The number of carbonyl (C=O) groups excluding carboxylic acids is 1. The number of rotatable bonds is 5. The first-order chi connectivity index (χ1) is 8.95. The molecule has 3 nitrogen and oxygen atoms in total. The third kappa shape index (κ3) is 5.38. The molecule has 0 fully saturated rings. The van der Waals surface area contributed by atoms with Crippen molar-refractivity contribution in [1.82, 2.24) is 10.6 Å². The highest BCUT2D eigenvalue weighted by atomic mass is 35.5. The summed E-state index contributed by atoms with van der Waals surface area (Å²) < 4.78 is 38.7. The molecule has 0 aliphatic heterocycles. The van der Waals surface area contributed by atoms with E-state index in [-0.39, 0.29) is 12.1 Å². The molecule has 0 aliphatic carbocycles. The summed E-state index contributed by atoms with van der Waals surface area (Å²) in [5.74, 6) is 0.335. The van der Waals surface area contributed by atoms with Crippen molar-refractivity contribution >= 4 is 17.6 Å². The number of hydrogen-bond acceptors (Lipinski definition) is 1. The maximum atomic E-state index is 12.9. The van der Waals surface area contributed by atoms with Gasteiger partial charge in [0, 0.05) is 12.4 Å². The number of urea groups is 1. The molecular formula is C12H14ClF3N2O. The van der Waals surface area contributed by atoms with Gasteiger partial charge in [0.05, 0.1) is 0 Å². The Morgan fingerprint density at radius 1 is 1.26 bits per heavy atom. The molecule has 1 aromatic rings. The minimum absolute atomic E-state index is 0.0116. The smallest absolute Gasteiger partial charge is 0.338 e. The molecule has 2 N–H and O–H groups in total. The fourth-order valence-electron chi connectivity index (χ4n) is 1.45. The average Bonchev–Trinajstić information content (AvgIpc) is 2.36. The number of nitrogens with one attached hydrogen (secondary N) is 2. The second-order valence-corrected chi connectivity index (χ2v) is 4.21. The molecule has 106 valence electrons. The van der Waals surface area contributed by atoms with Crippen molar-refractivity contribution in [3.8, 4) is 0 Å². The van der Waals surface area contributed by atoms with Crippen LogP contribution in [0.25, 0.3) is 0 Å². The van der Waals surface area contributed by atoms with Crippen molar-refractivity contribution in [1.29, 1.82) is 0 Å². The van der Waals surface area contributed by atoms with Crippen LogP contribution in [0.1, 0.15) is 18.0 Å². The molecule has 0 heterocycles. The molecule has 1 atom stereocenters. The number of carbonyl (C=O) groups is 1. The van der Waals surface area contributed by atoms with Gasteiger partial charge in [-0.05, 0) is 12.0 Å². The van der Waals surface area contributed by atoms with Gasteiger partial charge in [-0.15, -0.1) is 11.6 Å². The minimum Gasteiger partial charge on any atom is -0.338 e. The summed E-state index contributed by atoms with van der Waals surface area (Å²) in [6.45, 7) is 0.231. The van der Waals surface area contributed by atoms with Crippen molar-refractivity contribution in [2.24, 2.45) is 0 Å². The van der Waals surface area contributed by atoms with Crippen LogP contribution in [-0.2, 0) is 0 Å². The topological polar surface area (TPSA) is 41.1 Å². The van der Waals surface area contributed by atoms with Crippen LogP contribution >= 0.6 is 11.6 Å². The molecule has 0 spiro atoms. The van der Waals surface area contributed by atoms with Gasteiger partial charge in [0.1, 0.15) is 0 Å². The Morgan fingerprint density at radius 2 is 1.89 bits per heavy atom. The second-order valence-electron chi connectivity index (χ2n) is 3.83. The van der Waals surface area contributed by atoms with Crippen molar-refractivity contribution < 1.29 is 18.0 Å². The fraction of sp³-hybridized carbons (Fsp3) is 0.417. The summed E-state index contributed by atoms with van der Waals surface area (Å²) in [6, 6.07) is 4.33. The summed E-state index contributed by atoms with van der Waals surface area (Å²) >= 11 is 5.41. The lowest BCUT2D eigenvalue weighted by molar-refractivity contribution is -0.154. The predicted molar refractivity (Wildman–Crippen MR) is 67.1 cm³/mol. The third-order valence-electron chi connectivity index (χ3n) is 2.33. The van der Waals surface area contributed by atoms with Gasteiger partial charge in [-0.3, -0.25) is 0 Å². The Balaban J connectivity index is 2.69. The second kappa shape index (κ2) is 7.23. The maximum absolute atomic E-state index is 12.9. The van der Waals surface area contributed by atoms with Gasteiger partial charge < -0.3 is 10.6 Å². The van der Waals surface area contributed by atoms with E-state index in [2.05, 4.69) is 5.32 Å². The molecule has 7 heteroatoms. The molecule has 0 aromatic heterocycles. The Bertz CT molecular complexity index is 398. The monoisotopic (exact) mass is 294 g/mol. The van der Waals surface area contributed by atoms with Crippen LogP contribution in [0.4, 0.5) is 18.0 Å². The molecule has 2 amide bonds. The van der Waals surface area contributed by atoms with Gasteiger partial charge in [-0.2, -0.15) is 13.2 Å². The molecule has 0 saturated heterocycles. The predicted octanol–water partition coefficient (Wildman–Crippen LogP) is 3.22. The standard InChI is InChI=1S/C12H14ClF3N2O/c13-7-4-8-17-11(19)18-10(12(14,15)16)9-5-2-1-3-6-9/h1-3,5-6,10H,4,7-8H2,(H2,17,18,19). The Morgan fingerprint density at radius 3 is 2.42 bits per heavy atom. The van der Waals surface area contributed by atoms with Crippen molar-refractivity contribution in [2.75, 3.05) is 12.4 Å². The number of hydrogen-bond donors (Lipinski definition) is 2. The van der Waals surface area contributed by atoms with Crippen LogP contribution in [0, 0.1) is 0 Å². The highest BCUT2D eigenvalue weighted by Crippen LogP contribution is 2.32. The summed E-state index contributed by atoms with van der Waals surface area (Å²) in [6.07, 6.45) is -4.05. The lowest BCUT2D eigenvalue weighted by Gasteiger charge is -2.22. The molecule has 1 unspecified atom stereocenters. The molecule has 1 rings (SSSR count). The molecule has 0 radical (unpaired) electrons. The molecule has 0 bridgehead atoms. The lowest BCUT2D eigenvalue weighted by Crippen LogP contribution is -2.43. The van der Waals surface area contributed by atoms with Gasteiger partial charge in [0.25, 0.3) is 0 Å². The summed E-state index contributed by atoms with van der Waals surface area (Å²) in [5.41, 5.74) is -0.0116. The summed E-state index contributed by atoms with van der Waals surface area (Å²) in [7, 11) is 0. The van der Waals surface area contributed by atoms with E-state index in [1.54, 1.807) is 6.07 Å². The van der Waals surface area contributed by atoms with Crippen LogP contribution in [0.15, 0.2) is 30.3 Å². The minimum atomic E-state index is -4.55. The maximum Gasteiger partial charge on any atom is 0.412 e. The van der Waals surface area contributed by atoms with Crippen LogP contribution in [0.5, 0.6) is 0 Å². The average molecular weight is 295 g/mol. The van der Waals surface area contributed by atoms with E-state index in [4.69, 9.17) is 11.6 Å². The highest BCUT2D eigenvalue weighted by molar-refractivity contribution is 6.17. The Labute approximate surface area is 114 Å². The van der Waals surface area contributed by atoms with E-state index in [1.165, 1.54) is 24.3 Å². The van der Waals surface area contributed by atoms with Crippen molar-refractivity contribution in [3.63, 3.8) is 0 Å². The Kier molecular flexibility index (Phi) is 5.95. The van der Waals surface area contributed by atoms with Gasteiger partial charge >= 0.3 is 12.2 Å². The van der Waals surface area contributed by atoms with E-state index >= 15 is 0 Å². The summed E-state index contributed by atoms with van der Waals surface area (Å²) in [4.78, 5) is 11.4. The highest BCUT2D eigenvalue weighted by Gasteiger charge is 2.41. The largest absolute Gasteiger partial charge is 0.412 e. The molecular weight excluding hydrogens is 281 g/mol. The van der Waals surface area contributed by atoms with Crippen LogP contribution in [0.2, 0.25) is 0 Å². The normalized spacial score (nSPS) is 12.8. The number of halogens is 4. The van der Waals surface area contributed by atoms with Gasteiger partial charge in [-0.1, -0.05) is 30.3 Å². The van der Waals surface area contributed by atoms with E-state index < -0.39 is 18.2 Å². The third-order valence-corrected chi connectivity index (χ3v) is 2.60. The first-order valence-corrected chi connectivity index (χ1v) is 6.20. The van der Waals surface area contributed by atoms with Gasteiger partial charge in [0.15, 0.2) is 6.04 Å².